The van der Waals surface area contributed by atoms with E-state index in [-0.39, 0.29) is 12.8 Å². The Labute approximate surface area is 250 Å². The van der Waals surface area contributed by atoms with E-state index in [9.17, 15) is 28.8 Å². The van der Waals surface area contributed by atoms with Crippen molar-refractivity contribution in [2.45, 2.75) is 63.8 Å². The molecule has 0 spiro atoms. The van der Waals surface area contributed by atoms with Gasteiger partial charge in [0.25, 0.3) is 0 Å². The summed E-state index contributed by atoms with van der Waals surface area (Å²) in [6.07, 6.45) is -1.28. The summed E-state index contributed by atoms with van der Waals surface area (Å²) in [4.78, 5) is 75.4. The number of nitrogens with one attached hydrogen (secondary N) is 4. The van der Waals surface area contributed by atoms with Crippen molar-refractivity contribution in [3.63, 3.8) is 0 Å². The third-order valence-corrected chi connectivity index (χ3v) is 5.85. The summed E-state index contributed by atoms with van der Waals surface area (Å²) in [5.41, 5.74) is 5.98. The van der Waals surface area contributed by atoms with E-state index >= 15 is 0 Å². The van der Waals surface area contributed by atoms with Crippen molar-refractivity contribution in [1.82, 2.24) is 21.3 Å². The lowest BCUT2D eigenvalue weighted by atomic mass is 10.0. The van der Waals surface area contributed by atoms with Crippen LogP contribution in [0.5, 0.6) is 0 Å². The lowest BCUT2D eigenvalue weighted by molar-refractivity contribution is -0.145. The molecule has 3 atom stereocenters. The predicted octanol–water partition coefficient (Wildman–Crippen LogP) is 0.499. The zero-order chi connectivity index (χ0) is 32.0. The van der Waals surface area contributed by atoms with E-state index in [1.165, 1.54) is 7.11 Å². The van der Waals surface area contributed by atoms with Crippen LogP contribution in [0, 0.1) is 0 Å². The minimum absolute atomic E-state index is 0.0229. The smallest absolute Gasteiger partial charge is 0.408 e. The standard InChI is InChI=1S/C30H39N5O8/c1-30(2,3)43-29(41)32-18-25(37)33-22(17-24(31)36)27(39)34-21(15-19-11-7-5-8-12-19)26(38)35-23(28(40)42-4)16-20-13-9-6-10-14-20/h5-14,21-23H,15-18H2,1-4H3,(H2,31,36)(H,32,41)(H,33,37)(H,34,39)(H,35,38). The van der Waals surface area contributed by atoms with Gasteiger partial charge in [-0.05, 0) is 31.9 Å². The summed E-state index contributed by atoms with van der Waals surface area (Å²) in [5.74, 6) is -3.95. The number of rotatable bonds is 14. The van der Waals surface area contributed by atoms with Gasteiger partial charge in [0.05, 0.1) is 13.5 Å². The van der Waals surface area contributed by atoms with Gasteiger partial charge in [0.15, 0.2) is 0 Å². The van der Waals surface area contributed by atoms with Gasteiger partial charge in [0, 0.05) is 12.8 Å². The summed E-state index contributed by atoms with van der Waals surface area (Å²) in [7, 11) is 1.20. The molecule has 0 aromatic heterocycles. The number of benzene rings is 2. The number of methoxy groups -OCH3 is 1. The molecule has 5 amide bonds. The number of nitrogens with two attached hydrogens (primary N) is 1. The van der Waals surface area contributed by atoms with E-state index in [1.54, 1.807) is 75.4 Å². The van der Waals surface area contributed by atoms with Crippen LogP contribution < -0.4 is 27.0 Å². The van der Waals surface area contributed by atoms with Crippen molar-refractivity contribution in [3.05, 3.63) is 71.8 Å². The van der Waals surface area contributed by atoms with Gasteiger partial charge in [-0.3, -0.25) is 19.2 Å². The number of ether oxygens (including phenoxy) is 2. The number of amides is 5. The average Bonchev–Trinajstić information content (AvgIpc) is 2.94. The van der Waals surface area contributed by atoms with E-state index in [4.69, 9.17) is 15.2 Å². The van der Waals surface area contributed by atoms with Gasteiger partial charge in [-0.1, -0.05) is 60.7 Å². The molecule has 0 saturated heterocycles. The number of carbonyl (C=O) groups is 6. The summed E-state index contributed by atoms with van der Waals surface area (Å²) in [5, 5.41) is 9.81. The molecule has 2 aromatic rings. The Balaban J connectivity index is 2.21. The molecule has 0 heterocycles. The molecular weight excluding hydrogens is 558 g/mol. The maximum Gasteiger partial charge on any atom is 0.408 e. The van der Waals surface area contributed by atoms with Gasteiger partial charge in [0.1, 0.15) is 30.3 Å². The number of primary amides is 1. The number of alkyl carbamates (subject to hydrolysis) is 1. The van der Waals surface area contributed by atoms with E-state index in [0.29, 0.717) is 5.56 Å². The van der Waals surface area contributed by atoms with Crippen LogP contribution in [-0.2, 0) is 46.3 Å². The Hall–Kier alpha value is -4.94. The fraction of sp³-hybridized carbons (Fsp3) is 0.400. The third-order valence-electron chi connectivity index (χ3n) is 5.85. The van der Waals surface area contributed by atoms with Gasteiger partial charge >= 0.3 is 12.1 Å². The molecule has 6 N–H and O–H groups in total. The van der Waals surface area contributed by atoms with Crippen LogP contribution in [-0.4, -0.2) is 73.1 Å². The molecule has 0 radical (unpaired) electrons. The summed E-state index contributed by atoms with van der Waals surface area (Å²) < 4.78 is 9.95. The number of esters is 1. The van der Waals surface area contributed by atoms with Crippen LogP contribution in [0.15, 0.2) is 60.7 Å². The molecule has 13 heteroatoms. The quantitative estimate of drug-likeness (QED) is 0.194. The summed E-state index contributed by atoms with van der Waals surface area (Å²) >= 11 is 0. The normalized spacial score (nSPS) is 12.9. The molecule has 0 fully saturated rings. The molecule has 13 nitrogen and oxygen atoms in total. The second-order valence-electron chi connectivity index (χ2n) is 10.7. The van der Waals surface area contributed by atoms with Crippen LogP contribution >= 0.6 is 0 Å². The molecule has 43 heavy (non-hydrogen) atoms. The second kappa shape index (κ2) is 16.5. The lowest BCUT2D eigenvalue weighted by Crippen LogP contribution is -2.58. The number of carbonyl (C=O) groups excluding carboxylic acids is 6. The lowest BCUT2D eigenvalue weighted by Gasteiger charge is -2.25. The van der Waals surface area contributed by atoms with Gasteiger partial charge < -0.3 is 36.5 Å². The van der Waals surface area contributed by atoms with Crippen LogP contribution in [0.1, 0.15) is 38.3 Å². The highest BCUT2D eigenvalue weighted by Crippen LogP contribution is 2.09. The van der Waals surface area contributed by atoms with Crippen molar-refractivity contribution < 1.29 is 38.2 Å². The largest absolute Gasteiger partial charge is 0.467 e. The van der Waals surface area contributed by atoms with Crippen molar-refractivity contribution in [2.24, 2.45) is 5.73 Å². The molecule has 0 saturated carbocycles. The van der Waals surface area contributed by atoms with E-state index < -0.39 is 72.4 Å². The first-order valence-corrected chi connectivity index (χ1v) is 13.6. The molecule has 3 unspecified atom stereocenters. The Morgan fingerprint density at radius 2 is 1.23 bits per heavy atom. The van der Waals surface area contributed by atoms with Crippen molar-refractivity contribution in [2.75, 3.05) is 13.7 Å². The maximum absolute atomic E-state index is 13.5. The summed E-state index contributed by atoms with van der Waals surface area (Å²) in [6.45, 7) is 4.40. The SMILES string of the molecule is COC(=O)C(Cc1ccccc1)NC(=O)C(Cc1ccccc1)NC(=O)C(CC(N)=O)NC(=O)CNC(=O)OC(C)(C)C. The molecule has 232 valence electrons. The van der Waals surface area contributed by atoms with Crippen molar-refractivity contribution in [1.29, 1.82) is 0 Å². The van der Waals surface area contributed by atoms with Gasteiger partial charge in [-0.25, -0.2) is 9.59 Å². The minimum atomic E-state index is -1.46. The van der Waals surface area contributed by atoms with E-state index in [2.05, 4.69) is 21.3 Å². The van der Waals surface area contributed by atoms with E-state index in [1.807, 2.05) is 6.07 Å². The molecule has 2 aromatic carbocycles. The first-order valence-electron chi connectivity index (χ1n) is 13.6. The zero-order valence-electron chi connectivity index (χ0n) is 24.7. The van der Waals surface area contributed by atoms with Gasteiger partial charge in [-0.2, -0.15) is 0 Å². The highest BCUT2D eigenvalue weighted by Gasteiger charge is 2.31. The number of hydrogen-bond donors (Lipinski definition) is 5. The minimum Gasteiger partial charge on any atom is -0.467 e. The van der Waals surface area contributed by atoms with Gasteiger partial charge in [-0.15, -0.1) is 0 Å². The first-order chi connectivity index (χ1) is 20.3. The van der Waals surface area contributed by atoms with Crippen LogP contribution in [0.2, 0.25) is 0 Å². The van der Waals surface area contributed by atoms with Crippen molar-refractivity contribution >= 4 is 35.7 Å². The Kier molecular flexibility index (Phi) is 13.1. The molecule has 0 aliphatic heterocycles. The number of hydrogen-bond acceptors (Lipinski definition) is 8. The molecule has 2 rings (SSSR count). The fourth-order valence-electron chi connectivity index (χ4n) is 3.91. The monoisotopic (exact) mass is 597 g/mol. The Bertz CT molecular complexity index is 1260. The second-order valence-corrected chi connectivity index (χ2v) is 10.7. The first kappa shape index (κ1) is 34.3. The molecule has 0 aliphatic rings. The van der Waals surface area contributed by atoms with Crippen LogP contribution in [0.4, 0.5) is 4.79 Å². The topological polar surface area (TPSA) is 195 Å². The fourth-order valence-corrected chi connectivity index (χ4v) is 3.91. The highest BCUT2D eigenvalue weighted by atomic mass is 16.6. The van der Waals surface area contributed by atoms with Crippen LogP contribution in [0.3, 0.4) is 0 Å². The third kappa shape index (κ3) is 13.1. The Morgan fingerprint density at radius 3 is 1.72 bits per heavy atom. The Morgan fingerprint density at radius 1 is 0.744 bits per heavy atom. The van der Waals surface area contributed by atoms with E-state index in [0.717, 1.165) is 5.56 Å². The molecule has 0 aliphatic carbocycles. The van der Waals surface area contributed by atoms with Crippen molar-refractivity contribution in [3.8, 4) is 0 Å². The van der Waals surface area contributed by atoms with Crippen LogP contribution in [0.25, 0.3) is 0 Å². The maximum atomic E-state index is 13.5. The van der Waals surface area contributed by atoms with Gasteiger partial charge in [0.2, 0.25) is 23.6 Å². The highest BCUT2D eigenvalue weighted by molar-refractivity contribution is 5.96. The average molecular weight is 598 g/mol. The summed E-state index contributed by atoms with van der Waals surface area (Å²) in [6, 6.07) is 14.0. The zero-order valence-corrected chi connectivity index (χ0v) is 24.7. The predicted molar refractivity (Wildman–Crippen MR) is 156 cm³/mol. The molecule has 0 bridgehead atoms. The molecular formula is C30H39N5O8.